The van der Waals surface area contributed by atoms with Crippen LogP contribution in [0.4, 0.5) is 21.7 Å². The third kappa shape index (κ3) is 9.00. The van der Waals surface area contributed by atoms with Crippen molar-refractivity contribution in [2.24, 2.45) is 13.0 Å². The van der Waals surface area contributed by atoms with Crippen LogP contribution in [-0.4, -0.2) is 99.8 Å². The Kier molecular flexibility index (Phi) is 12.5. The summed E-state index contributed by atoms with van der Waals surface area (Å²) in [4.78, 5) is 64.4. The number of carbonyl (C=O) groups excluding carboxylic acids is 2. The number of pyridine rings is 1. The van der Waals surface area contributed by atoms with E-state index in [1.807, 2.05) is 11.8 Å². The van der Waals surface area contributed by atoms with Gasteiger partial charge < -0.3 is 15.0 Å². The number of halogens is 2. The Morgan fingerprint density at radius 2 is 1.66 bits per heavy atom. The molecule has 5 heterocycles. The fourth-order valence-electron chi connectivity index (χ4n) is 10.9. The first-order valence-electron chi connectivity index (χ1n) is 23.5. The van der Waals surface area contributed by atoms with Crippen molar-refractivity contribution >= 4 is 72.8 Å². The van der Waals surface area contributed by atoms with Gasteiger partial charge in [-0.1, -0.05) is 24.4 Å². The van der Waals surface area contributed by atoms with Crippen LogP contribution in [0.2, 0.25) is 5.02 Å². The second kappa shape index (κ2) is 18.4. The second-order valence-corrected chi connectivity index (χ2v) is 21.2. The molecule has 2 amide bonds. The van der Waals surface area contributed by atoms with Crippen molar-refractivity contribution < 1.29 is 27.1 Å². The molecule has 3 N–H and O–H groups in total. The highest BCUT2D eigenvalue weighted by molar-refractivity contribution is 7.89. The van der Waals surface area contributed by atoms with Gasteiger partial charge in [0, 0.05) is 75.5 Å². The van der Waals surface area contributed by atoms with Crippen molar-refractivity contribution in [2.75, 3.05) is 42.9 Å². The number of nitrogens with zero attached hydrogens (tertiary/aromatic N) is 7. The van der Waals surface area contributed by atoms with Gasteiger partial charge in [-0.05, 0) is 113 Å². The highest BCUT2D eigenvalue weighted by atomic mass is 35.5. The Morgan fingerprint density at radius 3 is 2.37 bits per heavy atom. The Labute approximate surface area is 392 Å². The van der Waals surface area contributed by atoms with Crippen LogP contribution >= 0.6 is 11.6 Å². The molecule has 67 heavy (non-hydrogen) atoms. The fraction of sp³-hybridized carbons (Fsp3) is 0.532. The average Bonchev–Trinajstić information content (AvgIpc) is 3.91. The molecule has 0 radical (unpaired) electrons. The maximum Gasteiger partial charge on any atom is 0.329 e. The number of aromatic nitrogens is 5. The molecule has 1 unspecified atom stereocenters. The molecular formula is C47H56ClFN10O7S. The Morgan fingerprint density at radius 1 is 0.910 bits per heavy atom. The zero-order valence-electron chi connectivity index (χ0n) is 37.7. The number of aryl methyl sites for hydroxylation is 2. The molecule has 17 nitrogen and oxygen atoms in total. The molecule has 2 saturated heterocycles. The number of benzene rings is 2. The number of amides is 2. The van der Waals surface area contributed by atoms with E-state index in [0.29, 0.717) is 71.3 Å². The molecule has 5 aliphatic rings. The van der Waals surface area contributed by atoms with Gasteiger partial charge in [-0.15, -0.1) is 0 Å². The number of sulfonamides is 1. The minimum Gasteiger partial charge on any atom is -0.375 e. The summed E-state index contributed by atoms with van der Waals surface area (Å²) in [5.41, 5.74) is 2.03. The fourth-order valence-corrected chi connectivity index (χ4v) is 12.5. The number of imidazole rings is 1. The predicted octanol–water partition coefficient (Wildman–Crippen LogP) is 5.59. The summed E-state index contributed by atoms with van der Waals surface area (Å²) in [6.45, 7) is 5.64. The molecule has 5 aromatic rings. The van der Waals surface area contributed by atoms with Gasteiger partial charge in [0.05, 0.1) is 28.3 Å². The number of piperazine rings is 1. The van der Waals surface area contributed by atoms with Crippen LogP contribution < -0.4 is 31.5 Å². The summed E-state index contributed by atoms with van der Waals surface area (Å²) in [5, 5.41) is 6.32. The average molecular weight is 960 g/mol. The predicted molar refractivity (Wildman–Crippen MR) is 252 cm³/mol. The van der Waals surface area contributed by atoms with E-state index >= 15 is 4.39 Å². The van der Waals surface area contributed by atoms with Gasteiger partial charge in [-0.3, -0.25) is 38.3 Å². The van der Waals surface area contributed by atoms with E-state index in [4.69, 9.17) is 21.3 Å². The lowest BCUT2D eigenvalue weighted by Crippen LogP contribution is -2.49. The van der Waals surface area contributed by atoms with Crippen molar-refractivity contribution in [1.29, 1.82) is 0 Å². The van der Waals surface area contributed by atoms with Crippen molar-refractivity contribution in [2.45, 2.75) is 119 Å². The third-order valence-electron chi connectivity index (χ3n) is 14.7. The molecule has 3 aromatic heterocycles. The number of imide groups is 1. The van der Waals surface area contributed by atoms with E-state index < -0.39 is 33.5 Å². The van der Waals surface area contributed by atoms with Crippen molar-refractivity contribution in [3.63, 3.8) is 0 Å². The summed E-state index contributed by atoms with van der Waals surface area (Å²) in [5.74, 6) is -0.588. The molecule has 3 aliphatic carbocycles. The molecular weight excluding hydrogens is 903 g/mol. The molecule has 20 heteroatoms. The highest BCUT2D eigenvalue weighted by Crippen LogP contribution is 2.36. The Bertz CT molecular complexity index is 2990. The number of rotatable bonds is 12. The maximum atomic E-state index is 16.2. The second-order valence-electron chi connectivity index (χ2n) is 19.1. The maximum absolute atomic E-state index is 16.2. The first-order valence-corrected chi connectivity index (χ1v) is 25.4. The van der Waals surface area contributed by atoms with E-state index in [9.17, 15) is 27.6 Å². The molecule has 356 valence electrons. The van der Waals surface area contributed by atoms with Crippen LogP contribution in [0, 0.1) is 18.7 Å². The van der Waals surface area contributed by atoms with E-state index in [1.54, 1.807) is 47.2 Å². The van der Waals surface area contributed by atoms with E-state index in [-0.39, 0.29) is 64.0 Å². The number of piperidine rings is 1. The topological polar surface area (TPSA) is 195 Å². The Balaban J connectivity index is 0.670. The molecule has 5 fully saturated rings. The van der Waals surface area contributed by atoms with E-state index in [0.717, 1.165) is 71.0 Å². The summed E-state index contributed by atoms with van der Waals surface area (Å²) >= 11 is 6.29. The molecule has 0 spiro atoms. The van der Waals surface area contributed by atoms with Crippen LogP contribution in [0.1, 0.15) is 94.7 Å². The lowest BCUT2D eigenvalue weighted by atomic mass is 9.85. The van der Waals surface area contributed by atoms with Crippen LogP contribution in [0.25, 0.3) is 22.1 Å². The van der Waals surface area contributed by atoms with Crippen molar-refractivity contribution in [3.05, 3.63) is 79.8 Å². The normalized spacial score (nSPS) is 24.4. The van der Waals surface area contributed by atoms with Crippen LogP contribution in [-0.2, 0) is 31.4 Å². The standard InChI is InChI=1S/C47H56ClFN10O7S/c1-27-21-34(11-12-36(27)51-46-50-25-29-22-35(48)45(62)58(43(29)53-46)31-5-3-4-6-31)67(64,65)54-30-23-33(24-30)66-32-9-7-28(8-10-32)26-56-17-19-57(20-18-56)37-13-14-38-42(41(37)49)55(2)47(63)59(38)39-15-16-40(60)52-44(39)61/h11-14,21-22,25,28,30-33,39,54H,3-10,15-20,23-24,26H2,1-2H3,(H,50,51,53)(H,52,60,61). The molecule has 2 aliphatic heterocycles. The lowest BCUT2D eigenvalue weighted by molar-refractivity contribution is -0.135. The number of nitrogens with one attached hydrogen (secondary N) is 3. The van der Waals surface area contributed by atoms with Gasteiger partial charge >= 0.3 is 5.69 Å². The lowest BCUT2D eigenvalue weighted by Gasteiger charge is -2.41. The molecule has 3 saturated carbocycles. The number of ether oxygens (including phenoxy) is 1. The smallest absolute Gasteiger partial charge is 0.329 e. The monoisotopic (exact) mass is 958 g/mol. The molecule has 1 atom stereocenters. The quantitative estimate of drug-likeness (QED) is 0.132. The van der Waals surface area contributed by atoms with Gasteiger partial charge in [0.15, 0.2) is 5.82 Å². The van der Waals surface area contributed by atoms with Crippen molar-refractivity contribution in [1.82, 2.24) is 38.6 Å². The van der Waals surface area contributed by atoms with Gasteiger partial charge in [0.25, 0.3) is 5.56 Å². The van der Waals surface area contributed by atoms with Gasteiger partial charge in [0.1, 0.15) is 22.2 Å². The summed E-state index contributed by atoms with van der Waals surface area (Å²) < 4.78 is 56.7. The third-order valence-corrected chi connectivity index (χ3v) is 16.5. The SMILES string of the molecule is Cc1cc(S(=O)(=O)NC2CC(OC3CCC(CN4CCN(c5ccc6c(c5F)n(C)c(=O)n6C5CCC(=O)NC5=O)CC4)CC3)C2)ccc1Nc1ncc2cc(Cl)c(=O)n(C3CCCC3)c2n1. The van der Waals surface area contributed by atoms with Gasteiger partial charge in [-0.25, -0.2) is 27.3 Å². The number of carbonyl (C=O) groups is 2. The number of hydrogen-bond donors (Lipinski definition) is 3. The zero-order valence-corrected chi connectivity index (χ0v) is 39.3. The minimum atomic E-state index is -3.78. The molecule has 2 aromatic carbocycles. The number of fused-ring (bicyclic) bond motifs is 2. The van der Waals surface area contributed by atoms with Crippen LogP contribution in [0.5, 0.6) is 0 Å². The number of anilines is 3. The highest BCUT2D eigenvalue weighted by Gasteiger charge is 2.37. The van der Waals surface area contributed by atoms with E-state index in [2.05, 4.69) is 25.2 Å². The molecule has 10 rings (SSSR count). The Hall–Kier alpha value is -5.21. The summed E-state index contributed by atoms with van der Waals surface area (Å²) in [6.07, 6.45) is 11.2. The largest absolute Gasteiger partial charge is 0.375 e. The van der Waals surface area contributed by atoms with Crippen molar-refractivity contribution in [3.8, 4) is 0 Å². The van der Waals surface area contributed by atoms with Gasteiger partial charge in [-0.2, -0.15) is 4.98 Å². The molecule has 0 bridgehead atoms. The first-order chi connectivity index (χ1) is 32.2. The van der Waals surface area contributed by atoms with Crippen LogP contribution in [0.3, 0.4) is 0 Å². The first kappa shape index (κ1) is 45.6. The van der Waals surface area contributed by atoms with Gasteiger partial charge in [0.2, 0.25) is 27.8 Å². The summed E-state index contributed by atoms with van der Waals surface area (Å²) in [7, 11) is -2.27. The minimum absolute atomic E-state index is 0.0108. The van der Waals surface area contributed by atoms with E-state index in [1.165, 1.54) is 16.2 Å². The van der Waals surface area contributed by atoms with Crippen LogP contribution in [0.15, 0.2) is 57.1 Å². The summed E-state index contributed by atoms with van der Waals surface area (Å²) in [6, 6.07) is 8.84. The number of hydrogen-bond acceptors (Lipinski definition) is 12. The zero-order chi connectivity index (χ0) is 46.7.